The molecule has 0 spiro atoms. The van der Waals surface area contributed by atoms with Crippen molar-refractivity contribution in [2.75, 3.05) is 16.8 Å². The quantitative estimate of drug-likeness (QED) is 0.819. The summed E-state index contributed by atoms with van der Waals surface area (Å²) in [5, 5.41) is 3.79. The Kier molecular flexibility index (Phi) is 3.23. The van der Waals surface area contributed by atoms with E-state index >= 15 is 0 Å². The molecule has 3 N–H and O–H groups in total. The zero-order chi connectivity index (χ0) is 13.6. The van der Waals surface area contributed by atoms with E-state index in [1.165, 1.54) is 0 Å². The highest BCUT2D eigenvalue weighted by atomic mass is 35.5. The Morgan fingerprint density at radius 3 is 2.61 bits per heavy atom. The first-order valence-electron chi connectivity index (χ1n) is 5.78. The first-order chi connectivity index (χ1) is 8.24. The summed E-state index contributed by atoms with van der Waals surface area (Å²) in [6.45, 7) is 3.50. The highest BCUT2D eigenvalue weighted by molar-refractivity contribution is 7.93. The Bertz CT molecular complexity index is 569. The molecule has 0 radical (unpaired) electrons. The molecule has 100 valence electrons. The molecule has 1 aromatic carbocycles. The maximum atomic E-state index is 11.9. The van der Waals surface area contributed by atoms with Crippen LogP contribution in [0.15, 0.2) is 18.2 Å². The molecule has 1 aliphatic heterocycles. The van der Waals surface area contributed by atoms with Crippen LogP contribution in [0.3, 0.4) is 0 Å². The van der Waals surface area contributed by atoms with Gasteiger partial charge < -0.3 is 11.1 Å². The van der Waals surface area contributed by atoms with Gasteiger partial charge in [0, 0.05) is 11.1 Å². The van der Waals surface area contributed by atoms with E-state index in [-0.39, 0.29) is 11.8 Å². The topological polar surface area (TPSA) is 72.2 Å². The third-order valence-electron chi connectivity index (χ3n) is 3.66. The zero-order valence-corrected chi connectivity index (χ0v) is 12.0. The van der Waals surface area contributed by atoms with E-state index in [4.69, 9.17) is 17.3 Å². The van der Waals surface area contributed by atoms with Gasteiger partial charge in [0.1, 0.15) is 0 Å². The van der Waals surface area contributed by atoms with Crippen molar-refractivity contribution in [3.8, 4) is 0 Å². The van der Waals surface area contributed by atoms with Crippen molar-refractivity contribution in [2.45, 2.75) is 31.1 Å². The Hall–Kier alpha value is -0.940. The number of sulfone groups is 1. The molecule has 1 aromatic rings. The molecular formula is C12H17ClN2O2S. The van der Waals surface area contributed by atoms with Crippen molar-refractivity contribution in [3.63, 3.8) is 0 Å². The zero-order valence-electron chi connectivity index (χ0n) is 10.4. The fourth-order valence-corrected chi connectivity index (χ4v) is 4.06. The monoisotopic (exact) mass is 288 g/mol. The minimum absolute atomic E-state index is 0.133. The van der Waals surface area contributed by atoms with Crippen molar-refractivity contribution >= 4 is 32.8 Å². The van der Waals surface area contributed by atoms with E-state index < -0.39 is 14.6 Å². The lowest BCUT2D eigenvalue weighted by molar-refractivity contribution is 0.534. The average molecular weight is 289 g/mol. The van der Waals surface area contributed by atoms with Crippen LogP contribution in [-0.2, 0) is 9.84 Å². The van der Waals surface area contributed by atoms with Gasteiger partial charge in [0.05, 0.1) is 21.9 Å². The molecule has 4 nitrogen and oxygen atoms in total. The van der Waals surface area contributed by atoms with Crippen molar-refractivity contribution in [3.05, 3.63) is 23.2 Å². The average Bonchev–Trinajstić information content (AvgIpc) is 2.44. The summed E-state index contributed by atoms with van der Waals surface area (Å²) in [5.74, 6) is 0.213. The number of nitrogen functional groups attached to an aromatic ring is 1. The Morgan fingerprint density at radius 1 is 1.44 bits per heavy atom. The van der Waals surface area contributed by atoms with Gasteiger partial charge in [0.25, 0.3) is 0 Å². The van der Waals surface area contributed by atoms with Gasteiger partial charge in [-0.1, -0.05) is 11.6 Å². The highest BCUT2D eigenvalue weighted by Gasteiger charge is 2.47. The first kappa shape index (κ1) is 13.5. The molecule has 1 fully saturated rings. The van der Waals surface area contributed by atoms with E-state index in [9.17, 15) is 8.42 Å². The normalized spacial score (nSPS) is 24.9. The summed E-state index contributed by atoms with van der Waals surface area (Å²) in [4.78, 5) is 0. The maximum Gasteiger partial charge on any atom is 0.157 e. The molecule has 1 saturated heterocycles. The van der Waals surface area contributed by atoms with E-state index in [0.29, 0.717) is 17.1 Å². The molecule has 6 heteroatoms. The van der Waals surface area contributed by atoms with Crippen LogP contribution in [0, 0.1) is 0 Å². The maximum absolute atomic E-state index is 11.9. The number of halogens is 1. The number of hydrogen-bond acceptors (Lipinski definition) is 4. The number of nitrogens with two attached hydrogens (primary N) is 1. The summed E-state index contributed by atoms with van der Waals surface area (Å²) >= 11 is 5.83. The lowest BCUT2D eigenvalue weighted by atomic mass is 10.0. The number of nitrogens with one attached hydrogen (secondary N) is 1. The Balaban J connectivity index is 2.26. The van der Waals surface area contributed by atoms with Crippen LogP contribution in [0.4, 0.5) is 11.4 Å². The van der Waals surface area contributed by atoms with Gasteiger partial charge >= 0.3 is 0 Å². The van der Waals surface area contributed by atoms with Gasteiger partial charge in [-0.15, -0.1) is 0 Å². The standard InChI is InChI=1S/C12H17ClN2O2S/c1-12(2)11(5-6-18(12,16)17)15-10-4-3-8(13)7-9(10)14/h3-4,7,11,15H,5-6,14H2,1-2H3/t11-/m1/s1. The van der Waals surface area contributed by atoms with E-state index in [0.717, 1.165) is 5.69 Å². The van der Waals surface area contributed by atoms with Crippen LogP contribution < -0.4 is 11.1 Å². The van der Waals surface area contributed by atoms with E-state index in [1.807, 2.05) is 0 Å². The fraction of sp³-hybridized carbons (Fsp3) is 0.500. The molecule has 0 aliphatic carbocycles. The second kappa shape index (κ2) is 4.31. The lowest BCUT2D eigenvalue weighted by Gasteiger charge is -2.27. The minimum atomic E-state index is -3.04. The second-order valence-electron chi connectivity index (χ2n) is 5.14. The van der Waals surface area contributed by atoms with Crippen molar-refractivity contribution in [2.24, 2.45) is 0 Å². The first-order valence-corrected chi connectivity index (χ1v) is 7.81. The van der Waals surface area contributed by atoms with Crippen molar-refractivity contribution in [1.29, 1.82) is 0 Å². The highest BCUT2D eigenvalue weighted by Crippen LogP contribution is 2.35. The predicted octanol–water partition coefficient (Wildman–Crippen LogP) is 2.30. The predicted molar refractivity (Wildman–Crippen MR) is 75.8 cm³/mol. The summed E-state index contributed by atoms with van der Waals surface area (Å²) in [6, 6.07) is 5.03. The summed E-state index contributed by atoms with van der Waals surface area (Å²) in [6.07, 6.45) is 0.595. The largest absolute Gasteiger partial charge is 0.397 e. The van der Waals surface area contributed by atoms with Crippen molar-refractivity contribution < 1.29 is 8.42 Å². The number of hydrogen-bond donors (Lipinski definition) is 2. The third-order valence-corrected chi connectivity index (χ3v) is 6.56. The van der Waals surface area contributed by atoms with Gasteiger partial charge in [-0.3, -0.25) is 0 Å². The molecule has 0 amide bonds. The Morgan fingerprint density at radius 2 is 2.11 bits per heavy atom. The lowest BCUT2D eigenvalue weighted by Crippen LogP contribution is -2.41. The van der Waals surface area contributed by atoms with Crippen LogP contribution in [-0.4, -0.2) is 25.0 Å². The molecule has 18 heavy (non-hydrogen) atoms. The molecule has 2 rings (SSSR count). The second-order valence-corrected chi connectivity index (χ2v) is 8.27. The molecule has 1 heterocycles. The summed E-state index contributed by atoms with van der Waals surface area (Å²) in [5.41, 5.74) is 7.12. The van der Waals surface area contributed by atoms with Gasteiger partial charge in [0.15, 0.2) is 9.84 Å². The van der Waals surface area contributed by atoms with Gasteiger partial charge in [-0.2, -0.15) is 0 Å². The summed E-state index contributed by atoms with van der Waals surface area (Å²) in [7, 11) is -3.04. The number of benzene rings is 1. The van der Waals surface area contributed by atoms with Gasteiger partial charge in [0.2, 0.25) is 0 Å². The molecule has 1 atom stereocenters. The molecule has 1 aliphatic rings. The van der Waals surface area contributed by atoms with Crippen LogP contribution in [0.2, 0.25) is 5.02 Å². The smallest absolute Gasteiger partial charge is 0.157 e. The Labute approximate surface area is 112 Å². The summed E-state index contributed by atoms with van der Waals surface area (Å²) < 4.78 is 23.1. The SMILES string of the molecule is CC1(C)[C@H](Nc2ccc(Cl)cc2N)CCS1(=O)=O. The number of anilines is 2. The minimum Gasteiger partial charge on any atom is -0.397 e. The molecule has 0 aromatic heterocycles. The molecule has 0 bridgehead atoms. The van der Waals surface area contributed by atoms with Crippen molar-refractivity contribution in [1.82, 2.24) is 0 Å². The molecular weight excluding hydrogens is 272 g/mol. The van der Waals surface area contributed by atoms with Gasteiger partial charge in [-0.05, 0) is 38.5 Å². The molecule has 0 unspecified atom stereocenters. The van der Waals surface area contributed by atoms with Gasteiger partial charge in [-0.25, -0.2) is 8.42 Å². The van der Waals surface area contributed by atoms with Crippen LogP contribution >= 0.6 is 11.6 Å². The fourth-order valence-electron chi connectivity index (χ4n) is 2.20. The van der Waals surface area contributed by atoms with Crippen LogP contribution in [0.5, 0.6) is 0 Å². The van der Waals surface area contributed by atoms with E-state index in [2.05, 4.69) is 5.32 Å². The van der Waals surface area contributed by atoms with Crippen LogP contribution in [0.1, 0.15) is 20.3 Å². The van der Waals surface area contributed by atoms with E-state index in [1.54, 1.807) is 32.0 Å². The third kappa shape index (κ3) is 2.17. The van der Waals surface area contributed by atoms with Crippen LogP contribution in [0.25, 0.3) is 0 Å². The molecule has 0 saturated carbocycles. The number of rotatable bonds is 2.